The van der Waals surface area contributed by atoms with Crippen molar-refractivity contribution >= 4 is 21.8 Å². The van der Waals surface area contributed by atoms with Crippen molar-refractivity contribution in [1.29, 1.82) is 0 Å². The Morgan fingerprint density at radius 3 is 2.00 bits per heavy atom. The number of imide groups is 1. The van der Waals surface area contributed by atoms with Gasteiger partial charge in [-0.2, -0.15) is 0 Å². The smallest absolute Gasteiger partial charge is 0.238 e. The van der Waals surface area contributed by atoms with E-state index in [4.69, 9.17) is 5.14 Å². The molecule has 0 radical (unpaired) electrons. The van der Waals surface area contributed by atoms with Crippen molar-refractivity contribution in [3.05, 3.63) is 41.0 Å². The monoisotopic (exact) mass is 388 g/mol. The molecular formula is C20H24N2O4S. The first-order valence-corrected chi connectivity index (χ1v) is 10.9. The zero-order valence-corrected chi connectivity index (χ0v) is 16.3. The second kappa shape index (κ2) is 6.27. The van der Waals surface area contributed by atoms with Gasteiger partial charge < -0.3 is 0 Å². The molecule has 2 amide bonds. The number of hydrogen-bond acceptors (Lipinski definition) is 4. The lowest BCUT2D eigenvalue weighted by Crippen LogP contribution is -2.35. The molecule has 1 aromatic rings. The van der Waals surface area contributed by atoms with Crippen molar-refractivity contribution in [2.45, 2.75) is 38.0 Å². The maximum absolute atomic E-state index is 12.9. The Hall–Kier alpha value is -1.99. The number of nitrogens with two attached hydrogens (primary N) is 1. The summed E-state index contributed by atoms with van der Waals surface area (Å²) in [5.74, 6) is 0.0621. The van der Waals surface area contributed by atoms with Crippen LogP contribution in [0.15, 0.2) is 40.3 Å². The molecule has 1 heterocycles. The van der Waals surface area contributed by atoms with Crippen LogP contribution in [0.4, 0.5) is 0 Å². The standard InChI is InChI=1S/C20H24N2O4S/c1-11(2)16-14-7-8-15(16)18-17(14)19(23)22(20(18)24)10-9-12-3-5-13(6-4-12)27(21,25)26/h3-6,14-15,17-18H,7-10H2,1-2H3,(H2,21,25,26)/t14-,15-,17-,18+/m1/s1. The lowest BCUT2D eigenvalue weighted by atomic mass is 9.81. The van der Waals surface area contributed by atoms with E-state index >= 15 is 0 Å². The Labute approximate surface area is 159 Å². The van der Waals surface area contributed by atoms with Crippen LogP contribution in [0.2, 0.25) is 0 Å². The number of likely N-dealkylation sites (tertiary alicyclic amines) is 1. The molecule has 2 saturated carbocycles. The van der Waals surface area contributed by atoms with Gasteiger partial charge in [0.15, 0.2) is 0 Å². The molecule has 3 fully saturated rings. The number of benzene rings is 1. The molecule has 0 unspecified atom stereocenters. The highest BCUT2D eigenvalue weighted by atomic mass is 32.2. The fourth-order valence-electron chi connectivity index (χ4n) is 5.36. The van der Waals surface area contributed by atoms with E-state index in [9.17, 15) is 18.0 Å². The number of fused-ring (bicyclic) bond motifs is 5. The van der Waals surface area contributed by atoms with Gasteiger partial charge in [0.05, 0.1) is 16.7 Å². The average Bonchev–Trinajstić information content (AvgIpc) is 3.23. The van der Waals surface area contributed by atoms with Gasteiger partial charge in [-0.1, -0.05) is 23.3 Å². The van der Waals surface area contributed by atoms with Crippen molar-refractivity contribution in [2.75, 3.05) is 6.54 Å². The number of allylic oxidation sites excluding steroid dienone is 2. The van der Waals surface area contributed by atoms with Gasteiger partial charge in [0.2, 0.25) is 21.8 Å². The molecule has 27 heavy (non-hydrogen) atoms. The van der Waals surface area contributed by atoms with Gasteiger partial charge in [-0.05, 0) is 62.6 Å². The minimum atomic E-state index is -3.72. The summed E-state index contributed by atoms with van der Waals surface area (Å²) in [6.07, 6.45) is 2.52. The fourth-order valence-corrected chi connectivity index (χ4v) is 5.88. The molecule has 6 nitrogen and oxygen atoms in total. The molecule has 144 valence electrons. The first-order chi connectivity index (χ1) is 12.7. The lowest BCUT2D eigenvalue weighted by Gasteiger charge is -2.19. The van der Waals surface area contributed by atoms with Crippen LogP contribution in [0.25, 0.3) is 0 Å². The fraction of sp³-hybridized carbons (Fsp3) is 0.500. The van der Waals surface area contributed by atoms with Crippen LogP contribution < -0.4 is 5.14 Å². The second-order valence-corrected chi connectivity index (χ2v) is 9.63. The second-order valence-electron chi connectivity index (χ2n) is 8.06. The molecule has 1 aliphatic heterocycles. The van der Waals surface area contributed by atoms with E-state index in [1.165, 1.54) is 28.2 Å². The Bertz CT molecular complexity index is 913. The molecule has 2 bridgehead atoms. The van der Waals surface area contributed by atoms with Crippen LogP contribution in [0.5, 0.6) is 0 Å². The molecule has 0 spiro atoms. The van der Waals surface area contributed by atoms with E-state index in [0.29, 0.717) is 13.0 Å². The quantitative estimate of drug-likeness (QED) is 0.629. The summed E-state index contributed by atoms with van der Waals surface area (Å²) < 4.78 is 22.7. The first kappa shape index (κ1) is 18.4. The molecule has 3 aliphatic rings. The third kappa shape index (κ3) is 2.84. The van der Waals surface area contributed by atoms with Crippen LogP contribution in [-0.2, 0) is 26.0 Å². The van der Waals surface area contributed by atoms with Gasteiger partial charge in [0.1, 0.15) is 0 Å². The number of primary sulfonamides is 1. The Kier molecular flexibility index (Phi) is 4.27. The summed E-state index contributed by atoms with van der Waals surface area (Å²) >= 11 is 0. The number of amides is 2. The minimum Gasteiger partial charge on any atom is -0.282 e. The third-order valence-corrected chi connectivity index (χ3v) is 7.33. The van der Waals surface area contributed by atoms with Gasteiger partial charge in [0, 0.05) is 6.54 Å². The molecule has 2 aliphatic carbocycles. The van der Waals surface area contributed by atoms with Crippen LogP contribution in [0, 0.1) is 23.7 Å². The zero-order valence-electron chi connectivity index (χ0n) is 15.5. The number of carbonyl (C=O) groups excluding carboxylic acids is 2. The van der Waals surface area contributed by atoms with E-state index < -0.39 is 10.0 Å². The summed E-state index contributed by atoms with van der Waals surface area (Å²) in [5, 5.41) is 5.10. The topological polar surface area (TPSA) is 97.5 Å². The number of hydrogen-bond donors (Lipinski definition) is 1. The highest BCUT2D eigenvalue weighted by molar-refractivity contribution is 7.89. The highest BCUT2D eigenvalue weighted by Gasteiger charge is 2.63. The summed E-state index contributed by atoms with van der Waals surface area (Å²) in [6.45, 7) is 4.50. The van der Waals surface area contributed by atoms with E-state index in [1.54, 1.807) is 12.1 Å². The molecule has 4 rings (SSSR count). The van der Waals surface area contributed by atoms with Crippen molar-refractivity contribution in [3.8, 4) is 0 Å². The van der Waals surface area contributed by atoms with Crippen molar-refractivity contribution in [3.63, 3.8) is 0 Å². The SMILES string of the molecule is CC(C)=C1[C@H]2CC[C@H]1[C@H]1C(=O)N(CCc3ccc(S(N)(=O)=O)cc3)C(=O)[C@H]12. The molecular weight excluding hydrogens is 364 g/mol. The van der Waals surface area contributed by atoms with Crippen molar-refractivity contribution < 1.29 is 18.0 Å². The van der Waals surface area contributed by atoms with Crippen molar-refractivity contribution in [1.82, 2.24) is 4.90 Å². The Morgan fingerprint density at radius 2 is 1.56 bits per heavy atom. The molecule has 1 aromatic carbocycles. The molecule has 0 aromatic heterocycles. The van der Waals surface area contributed by atoms with Crippen LogP contribution in [0.3, 0.4) is 0 Å². The van der Waals surface area contributed by atoms with Gasteiger partial charge in [-0.15, -0.1) is 0 Å². The predicted molar refractivity (Wildman–Crippen MR) is 99.8 cm³/mol. The molecule has 4 atom stereocenters. The average molecular weight is 388 g/mol. The summed E-state index contributed by atoms with van der Waals surface area (Å²) in [6, 6.07) is 6.26. The van der Waals surface area contributed by atoms with E-state index in [1.807, 2.05) is 0 Å². The number of nitrogens with zero attached hydrogens (tertiary/aromatic N) is 1. The van der Waals surface area contributed by atoms with Gasteiger partial charge >= 0.3 is 0 Å². The van der Waals surface area contributed by atoms with Crippen LogP contribution in [-0.4, -0.2) is 31.7 Å². The Balaban J connectivity index is 1.49. The van der Waals surface area contributed by atoms with Crippen LogP contribution in [0.1, 0.15) is 32.3 Å². The maximum Gasteiger partial charge on any atom is 0.238 e. The molecule has 2 N–H and O–H groups in total. The van der Waals surface area contributed by atoms with Crippen molar-refractivity contribution in [2.24, 2.45) is 28.8 Å². The zero-order chi connectivity index (χ0) is 19.5. The minimum absolute atomic E-state index is 0.0305. The predicted octanol–water partition coefficient (Wildman–Crippen LogP) is 1.85. The number of sulfonamides is 1. The van der Waals surface area contributed by atoms with Gasteiger partial charge in [-0.25, -0.2) is 13.6 Å². The third-order valence-electron chi connectivity index (χ3n) is 6.40. The van der Waals surface area contributed by atoms with E-state index in [2.05, 4.69) is 13.8 Å². The van der Waals surface area contributed by atoms with Crippen LogP contribution >= 0.6 is 0 Å². The van der Waals surface area contributed by atoms with E-state index in [0.717, 1.165) is 18.4 Å². The number of carbonyl (C=O) groups is 2. The van der Waals surface area contributed by atoms with Gasteiger partial charge in [-0.3, -0.25) is 14.5 Å². The number of rotatable bonds is 4. The summed E-state index contributed by atoms with van der Waals surface area (Å²) in [5.41, 5.74) is 3.48. The molecule has 1 saturated heterocycles. The first-order valence-electron chi connectivity index (χ1n) is 9.34. The summed E-state index contributed by atoms with van der Waals surface area (Å²) in [4.78, 5) is 27.4. The van der Waals surface area contributed by atoms with Gasteiger partial charge in [0.25, 0.3) is 0 Å². The molecule has 7 heteroatoms. The highest BCUT2D eigenvalue weighted by Crippen LogP contribution is 2.60. The maximum atomic E-state index is 12.9. The lowest BCUT2D eigenvalue weighted by molar-refractivity contribution is -0.140. The Morgan fingerprint density at radius 1 is 1.04 bits per heavy atom. The van der Waals surface area contributed by atoms with E-state index in [-0.39, 0.29) is 40.4 Å². The largest absolute Gasteiger partial charge is 0.282 e. The normalized spacial score (nSPS) is 29.6. The summed E-state index contributed by atoms with van der Waals surface area (Å²) in [7, 11) is -3.72.